The van der Waals surface area contributed by atoms with Crippen molar-refractivity contribution in [3.05, 3.63) is 24.3 Å². The van der Waals surface area contributed by atoms with Gasteiger partial charge in [0.2, 0.25) is 5.91 Å². The van der Waals surface area contributed by atoms with Crippen molar-refractivity contribution in [3.8, 4) is 0 Å². The van der Waals surface area contributed by atoms with E-state index in [1.54, 1.807) is 4.90 Å². The number of hydrogen-bond acceptors (Lipinski definition) is 4. The first-order valence-electron chi connectivity index (χ1n) is 6.55. The smallest absolute Gasteiger partial charge is 0.368 e. The molecule has 0 aromatic heterocycles. The first-order chi connectivity index (χ1) is 10.1. The second-order valence-electron chi connectivity index (χ2n) is 4.94. The van der Waals surface area contributed by atoms with Crippen LogP contribution in [0.3, 0.4) is 0 Å². The SMILES string of the molecule is CC(=O)N1CCN(c2ccc(S(=O)(=O)C(F)(F)F)cc2)CC1. The number of anilines is 1. The van der Waals surface area contributed by atoms with E-state index in [4.69, 9.17) is 0 Å². The van der Waals surface area contributed by atoms with Gasteiger partial charge in [-0.1, -0.05) is 0 Å². The number of nitrogens with zero attached hydrogens (tertiary/aromatic N) is 2. The summed E-state index contributed by atoms with van der Waals surface area (Å²) in [7, 11) is -5.32. The summed E-state index contributed by atoms with van der Waals surface area (Å²) in [5.74, 6) is -0.0220. The second kappa shape index (κ2) is 5.79. The average Bonchev–Trinajstić information content (AvgIpc) is 2.46. The molecule has 2 rings (SSSR count). The third kappa shape index (κ3) is 3.18. The Labute approximate surface area is 126 Å². The zero-order chi connectivity index (χ0) is 16.5. The number of benzene rings is 1. The summed E-state index contributed by atoms with van der Waals surface area (Å²) in [4.78, 5) is 14.0. The number of hydrogen-bond donors (Lipinski definition) is 0. The summed E-state index contributed by atoms with van der Waals surface area (Å²) in [6.07, 6.45) is 0. The van der Waals surface area contributed by atoms with Crippen LogP contribution in [0.2, 0.25) is 0 Å². The van der Waals surface area contributed by atoms with Crippen LogP contribution in [-0.2, 0) is 14.6 Å². The molecule has 0 N–H and O–H groups in total. The molecule has 0 spiro atoms. The van der Waals surface area contributed by atoms with Crippen LogP contribution >= 0.6 is 0 Å². The molecule has 122 valence electrons. The molecule has 1 saturated heterocycles. The molecule has 0 saturated carbocycles. The van der Waals surface area contributed by atoms with Crippen LogP contribution in [0, 0.1) is 0 Å². The Kier molecular flexibility index (Phi) is 4.37. The number of carbonyl (C=O) groups excluding carboxylic acids is 1. The van der Waals surface area contributed by atoms with Crippen LogP contribution in [0.15, 0.2) is 29.2 Å². The standard InChI is InChI=1S/C13H15F3N2O3S/c1-10(19)17-6-8-18(9-7-17)11-2-4-12(5-3-11)22(20,21)13(14,15)16/h2-5H,6-9H2,1H3. The zero-order valence-electron chi connectivity index (χ0n) is 11.8. The van der Waals surface area contributed by atoms with Gasteiger partial charge in [-0.25, -0.2) is 8.42 Å². The van der Waals surface area contributed by atoms with Crippen molar-refractivity contribution in [3.63, 3.8) is 0 Å². The second-order valence-corrected chi connectivity index (χ2v) is 6.88. The Morgan fingerprint density at radius 2 is 1.55 bits per heavy atom. The van der Waals surface area contributed by atoms with Crippen molar-refractivity contribution < 1.29 is 26.4 Å². The van der Waals surface area contributed by atoms with Gasteiger partial charge in [0, 0.05) is 38.8 Å². The van der Waals surface area contributed by atoms with E-state index < -0.39 is 20.2 Å². The van der Waals surface area contributed by atoms with Gasteiger partial charge in [0.25, 0.3) is 9.84 Å². The molecule has 9 heteroatoms. The molecule has 1 amide bonds. The largest absolute Gasteiger partial charge is 0.501 e. The molecule has 1 heterocycles. The predicted molar refractivity (Wildman–Crippen MR) is 74.1 cm³/mol. The minimum atomic E-state index is -5.32. The summed E-state index contributed by atoms with van der Waals surface area (Å²) in [6.45, 7) is 3.62. The van der Waals surface area contributed by atoms with Crippen LogP contribution in [-0.4, -0.2) is 50.9 Å². The molecule has 1 aliphatic heterocycles. The van der Waals surface area contributed by atoms with Gasteiger partial charge in [-0.3, -0.25) is 4.79 Å². The minimum absolute atomic E-state index is 0.0220. The molecule has 0 unspecified atom stereocenters. The Bertz CT molecular complexity index is 648. The summed E-state index contributed by atoms with van der Waals surface area (Å²) in [5.41, 5.74) is -4.67. The fraction of sp³-hybridized carbons (Fsp3) is 0.462. The zero-order valence-corrected chi connectivity index (χ0v) is 12.6. The van der Waals surface area contributed by atoms with Crippen LogP contribution in [0.4, 0.5) is 18.9 Å². The molecule has 0 atom stereocenters. The topological polar surface area (TPSA) is 57.7 Å². The lowest BCUT2D eigenvalue weighted by molar-refractivity contribution is -0.129. The fourth-order valence-electron chi connectivity index (χ4n) is 2.25. The maximum atomic E-state index is 12.5. The van der Waals surface area contributed by atoms with Crippen LogP contribution < -0.4 is 4.90 Å². The number of piperazine rings is 1. The van der Waals surface area contributed by atoms with Gasteiger partial charge in [0.1, 0.15) is 0 Å². The monoisotopic (exact) mass is 336 g/mol. The maximum Gasteiger partial charge on any atom is 0.501 e. The normalized spacial score (nSPS) is 16.7. The molecule has 22 heavy (non-hydrogen) atoms. The molecule has 5 nitrogen and oxygen atoms in total. The van der Waals surface area contributed by atoms with Crippen molar-refractivity contribution in [2.45, 2.75) is 17.3 Å². The number of sulfone groups is 1. The third-order valence-corrected chi connectivity index (χ3v) is 5.04. The maximum absolute atomic E-state index is 12.5. The van der Waals surface area contributed by atoms with Crippen LogP contribution in [0.1, 0.15) is 6.92 Å². The Hall–Kier alpha value is -1.77. The van der Waals surface area contributed by atoms with Gasteiger partial charge in [-0.15, -0.1) is 0 Å². The van der Waals surface area contributed by atoms with E-state index in [0.717, 1.165) is 12.1 Å². The van der Waals surface area contributed by atoms with E-state index in [0.29, 0.717) is 31.9 Å². The first kappa shape index (κ1) is 16.6. The lowest BCUT2D eigenvalue weighted by Gasteiger charge is -2.35. The number of alkyl halides is 3. The van der Waals surface area contributed by atoms with E-state index >= 15 is 0 Å². The van der Waals surface area contributed by atoms with E-state index in [9.17, 15) is 26.4 Å². The molecule has 1 aliphatic rings. The fourth-order valence-corrected chi connectivity index (χ4v) is 3.01. The van der Waals surface area contributed by atoms with Crippen molar-refractivity contribution in [1.82, 2.24) is 4.90 Å². The summed E-state index contributed by atoms with van der Waals surface area (Å²) < 4.78 is 59.9. The van der Waals surface area contributed by atoms with Crippen molar-refractivity contribution in [2.75, 3.05) is 31.1 Å². The number of rotatable bonds is 2. The molecule has 1 aromatic carbocycles. The van der Waals surface area contributed by atoms with Crippen molar-refractivity contribution in [2.24, 2.45) is 0 Å². The molecule has 0 aliphatic carbocycles. The molecular weight excluding hydrogens is 321 g/mol. The highest BCUT2D eigenvalue weighted by molar-refractivity contribution is 7.92. The third-order valence-electron chi connectivity index (χ3n) is 3.54. The van der Waals surface area contributed by atoms with E-state index in [1.807, 2.05) is 4.90 Å². The number of carbonyl (C=O) groups is 1. The average molecular weight is 336 g/mol. The first-order valence-corrected chi connectivity index (χ1v) is 8.03. The van der Waals surface area contributed by atoms with E-state index in [1.165, 1.54) is 19.1 Å². The van der Waals surface area contributed by atoms with Gasteiger partial charge in [-0.05, 0) is 24.3 Å². The Balaban J connectivity index is 2.12. The number of amides is 1. The summed E-state index contributed by atoms with van der Waals surface area (Å²) >= 11 is 0. The van der Waals surface area contributed by atoms with Crippen LogP contribution in [0.5, 0.6) is 0 Å². The molecule has 0 bridgehead atoms. The molecule has 1 fully saturated rings. The molecule has 0 radical (unpaired) electrons. The van der Waals surface area contributed by atoms with Gasteiger partial charge in [-0.2, -0.15) is 13.2 Å². The van der Waals surface area contributed by atoms with Crippen molar-refractivity contribution in [1.29, 1.82) is 0 Å². The minimum Gasteiger partial charge on any atom is -0.368 e. The molecular formula is C13H15F3N2O3S. The molecule has 1 aromatic rings. The highest BCUT2D eigenvalue weighted by Gasteiger charge is 2.46. The van der Waals surface area contributed by atoms with Gasteiger partial charge >= 0.3 is 5.51 Å². The predicted octanol–water partition coefficient (Wildman–Crippen LogP) is 1.65. The number of halogens is 3. The van der Waals surface area contributed by atoms with Crippen LogP contribution in [0.25, 0.3) is 0 Å². The van der Waals surface area contributed by atoms with Gasteiger partial charge in [0.05, 0.1) is 4.90 Å². The Morgan fingerprint density at radius 1 is 1.05 bits per heavy atom. The lowest BCUT2D eigenvalue weighted by atomic mass is 10.2. The lowest BCUT2D eigenvalue weighted by Crippen LogP contribution is -2.48. The van der Waals surface area contributed by atoms with Gasteiger partial charge < -0.3 is 9.80 Å². The summed E-state index contributed by atoms with van der Waals surface area (Å²) in [5, 5.41) is 0. The summed E-state index contributed by atoms with van der Waals surface area (Å²) in [6, 6.07) is 4.61. The Morgan fingerprint density at radius 3 is 1.95 bits per heavy atom. The highest BCUT2D eigenvalue weighted by atomic mass is 32.2. The van der Waals surface area contributed by atoms with E-state index in [2.05, 4.69) is 0 Å². The van der Waals surface area contributed by atoms with Gasteiger partial charge in [0.15, 0.2) is 0 Å². The quantitative estimate of drug-likeness (QED) is 0.824. The highest BCUT2D eigenvalue weighted by Crippen LogP contribution is 2.31. The van der Waals surface area contributed by atoms with E-state index in [-0.39, 0.29) is 5.91 Å². The van der Waals surface area contributed by atoms with Crippen molar-refractivity contribution >= 4 is 21.4 Å².